The molecule has 1 aromatic rings. The number of carbonyl (C=O) groups excluding carboxylic acids is 3. The van der Waals surface area contributed by atoms with Crippen LogP contribution >= 0.6 is 0 Å². The molecule has 43 heavy (non-hydrogen) atoms. The molecule has 238 valence electrons. The number of hydrogen-bond acceptors (Lipinski definition) is 5. The van der Waals surface area contributed by atoms with E-state index >= 15 is 0 Å². The van der Waals surface area contributed by atoms with Gasteiger partial charge in [0, 0.05) is 26.2 Å². The highest BCUT2D eigenvalue weighted by Crippen LogP contribution is 2.31. The van der Waals surface area contributed by atoms with Gasteiger partial charge in [0.05, 0.1) is 0 Å². The van der Waals surface area contributed by atoms with Gasteiger partial charge in [0.1, 0.15) is 17.7 Å². The number of nitrogens with zero attached hydrogens (tertiary/aromatic N) is 2. The Morgan fingerprint density at radius 2 is 1.05 bits per heavy atom. The van der Waals surface area contributed by atoms with Crippen LogP contribution in [0.2, 0.25) is 0 Å². The first-order valence-electron chi connectivity index (χ1n) is 16.4. The van der Waals surface area contributed by atoms with Crippen LogP contribution in [-0.4, -0.2) is 76.2 Å². The molecule has 2 saturated carbocycles. The van der Waals surface area contributed by atoms with Crippen molar-refractivity contribution in [2.24, 2.45) is 0 Å². The van der Waals surface area contributed by atoms with Crippen molar-refractivity contribution in [1.29, 1.82) is 0 Å². The van der Waals surface area contributed by atoms with E-state index in [1.807, 2.05) is 35.2 Å². The summed E-state index contributed by atoms with van der Waals surface area (Å²) in [6.07, 6.45) is 14.7. The molecule has 4 amide bonds. The van der Waals surface area contributed by atoms with Crippen LogP contribution in [-0.2, 0) is 20.9 Å². The molecule has 0 atom stereocenters. The second kappa shape index (κ2) is 16.0. The molecule has 0 unspecified atom stereocenters. The second-order valence-corrected chi connectivity index (χ2v) is 12.6. The highest BCUT2D eigenvalue weighted by molar-refractivity contribution is 5.88. The fraction of sp³-hybridized carbons (Fsp3) is 0.697. The van der Waals surface area contributed by atoms with Crippen LogP contribution in [0.25, 0.3) is 0 Å². The number of ether oxygens (including phenoxy) is 1. The fourth-order valence-corrected chi connectivity index (χ4v) is 6.71. The predicted molar refractivity (Wildman–Crippen MR) is 163 cm³/mol. The SMILES string of the molecule is O=C(NC1(C(=O)O)CCCCC1)N1CCCCC1.O=C(NC1(C(=O)OCc2ccccc2)CCCCC1)N1CCCCC1. The summed E-state index contributed by atoms with van der Waals surface area (Å²) >= 11 is 0. The largest absolute Gasteiger partial charge is 0.480 e. The van der Waals surface area contributed by atoms with E-state index in [2.05, 4.69) is 10.6 Å². The number of carbonyl (C=O) groups is 4. The summed E-state index contributed by atoms with van der Waals surface area (Å²) in [6, 6.07) is 9.36. The summed E-state index contributed by atoms with van der Waals surface area (Å²) in [5, 5.41) is 15.2. The van der Waals surface area contributed by atoms with E-state index in [1.165, 1.54) is 6.42 Å². The van der Waals surface area contributed by atoms with Gasteiger partial charge in [0.2, 0.25) is 0 Å². The lowest BCUT2D eigenvalue weighted by atomic mass is 9.81. The Balaban J connectivity index is 0.000000208. The molecule has 0 spiro atoms. The number of urea groups is 2. The third-order valence-electron chi connectivity index (χ3n) is 9.41. The van der Waals surface area contributed by atoms with E-state index in [1.54, 1.807) is 4.90 Å². The van der Waals surface area contributed by atoms with E-state index < -0.39 is 17.0 Å². The minimum Gasteiger partial charge on any atom is -0.480 e. The number of carboxylic acids is 1. The van der Waals surface area contributed by atoms with E-state index in [4.69, 9.17) is 4.74 Å². The summed E-state index contributed by atoms with van der Waals surface area (Å²) in [5.41, 5.74) is -0.918. The van der Waals surface area contributed by atoms with Crippen molar-refractivity contribution in [3.63, 3.8) is 0 Å². The number of carboxylic acid groups (broad SMARTS) is 1. The van der Waals surface area contributed by atoms with Crippen LogP contribution in [0.15, 0.2) is 30.3 Å². The first kappa shape index (κ1) is 32.6. The molecule has 3 N–H and O–H groups in total. The number of likely N-dealkylation sites (tertiary alicyclic amines) is 2. The second-order valence-electron chi connectivity index (χ2n) is 12.6. The monoisotopic (exact) mass is 598 g/mol. The Morgan fingerprint density at radius 1 is 0.628 bits per heavy atom. The molecule has 1 aromatic carbocycles. The molecule has 2 heterocycles. The zero-order valence-electron chi connectivity index (χ0n) is 25.6. The molecule has 2 aliphatic carbocycles. The average molecular weight is 599 g/mol. The lowest BCUT2D eigenvalue weighted by molar-refractivity contribution is -0.154. The van der Waals surface area contributed by atoms with Gasteiger partial charge in [0.25, 0.3) is 0 Å². The summed E-state index contributed by atoms with van der Waals surface area (Å²) in [7, 11) is 0. The first-order chi connectivity index (χ1) is 20.8. The van der Waals surface area contributed by atoms with E-state index in [0.29, 0.717) is 25.7 Å². The Hall–Kier alpha value is -3.30. The van der Waals surface area contributed by atoms with Gasteiger partial charge in [-0.15, -0.1) is 0 Å². The molecular formula is C33H50N4O6. The molecule has 0 radical (unpaired) electrons. The van der Waals surface area contributed by atoms with Crippen LogP contribution in [0.3, 0.4) is 0 Å². The summed E-state index contributed by atoms with van der Waals surface area (Å²) in [4.78, 5) is 52.7. The van der Waals surface area contributed by atoms with Gasteiger partial charge in [-0.05, 0) is 69.8 Å². The number of rotatable bonds is 6. The number of nitrogens with one attached hydrogen (secondary N) is 2. The van der Waals surface area contributed by atoms with Crippen molar-refractivity contribution in [2.45, 2.75) is 120 Å². The number of esters is 1. The average Bonchev–Trinajstić information content (AvgIpc) is 3.06. The van der Waals surface area contributed by atoms with Crippen LogP contribution in [0.1, 0.15) is 108 Å². The highest BCUT2D eigenvalue weighted by atomic mass is 16.5. The standard InChI is InChI=1S/C20H28N2O3.C13H22N2O3/c23-18(25-16-17-10-4-1-5-11-17)20(12-6-2-7-13-20)21-19(24)22-14-8-3-9-15-22;16-11(17)13(7-3-1-4-8-13)14-12(18)15-9-5-2-6-10-15/h1,4-5,10-11H,2-3,6-9,12-16H2,(H,21,24);1-10H2,(H,14,18)(H,16,17). The van der Waals surface area contributed by atoms with Crippen LogP contribution in [0, 0.1) is 0 Å². The molecule has 0 bridgehead atoms. The molecule has 0 aromatic heterocycles. The van der Waals surface area contributed by atoms with Gasteiger partial charge in [-0.2, -0.15) is 0 Å². The third-order valence-corrected chi connectivity index (χ3v) is 9.41. The minimum absolute atomic E-state index is 0.113. The van der Waals surface area contributed by atoms with Crippen LogP contribution < -0.4 is 10.6 Å². The van der Waals surface area contributed by atoms with Crippen molar-refractivity contribution in [3.05, 3.63) is 35.9 Å². The molecular weight excluding hydrogens is 548 g/mol. The Kier molecular flexibility index (Phi) is 12.1. The fourth-order valence-electron chi connectivity index (χ4n) is 6.71. The van der Waals surface area contributed by atoms with Crippen molar-refractivity contribution < 1.29 is 29.0 Å². The minimum atomic E-state index is -1.02. The van der Waals surface area contributed by atoms with Gasteiger partial charge in [-0.25, -0.2) is 19.2 Å². The predicted octanol–water partition coefficient (Wildman–Crippen LogP) is 5.60. The zero-order valence-corrected chi connectivity index (χ0v) is 25.6. The Labute approximate surface area is 255 Å². The highest BCUT2D eigenvalue weighted by Gasteiger charge is 2.44. The maximum Gasteiger partial charge on any atom is 0.332 e. The maximum absolute atomic E-state index is 12.9. The number of hydrogen-bond donors (Lipinski definition) is 3. The molecule has 2 saturated heterocycles. The zero-order chi connectivity index (χ0) is 30.5. The van der Waals surface area contributed by atoms with Crippen LogP contribution in [0.4, 0.5) is 9.59 Å². The van der Waals surface area contributed by atoms with Crippen molar-refractivity contribution in [2.75, 3.05) is 26.2 Å². The van der Waals surface area contributed by atoms with Gasteiger partial charge in [0.15, 0.2) is 0 Å². The van der Waals surface area contributed by atoms with Crippen molar-refractivity contribution >= 4 is 24.0 Å². The van der Waals surface area contributed by atoms with Gasteiger partial charge in [-0.1, -0.05) is 68.9 Å². The quantitative estimate of drug-likeness (QED) is 0.366. The van der Waals surface area contributed by atoms with Crippen molar-refractivity contribution in [3.8, 4) is 0 Å². The lowest BCUT2D eigenvalue weighted by Gasteiger charge is -2.38. The summed E-state index contributed by atoms with van der Waals surface area (Å²) in [6.45, 7) is 3.31. The van der Waals surface area contributed by atoms with E-state index in [9.17, 15) is 24.3 Å². The van der Waals surface area contributed by atoms with E-state index in [0.717, 1.165) is 102 Å². The summed E-state index contributed by atoms with van der Waals surface area (Å²) < 4.78 is 5.59. The van der Waals surface area contributed by atoms with E-state index in [-0.39, 0.29) is 24.6 Å². The van der Waals surface area contributed by atoms with Gasteiger partial charge >= 0.3 is 24.0 Å². The molecule has 10 nitrogen and oxygen atoms in total. The first-order valence-corrected chi connectivity index (χ1v) is 16.4. The molecule has 5 rings (SSSR count). The molecule has 2 aliphatic heterocycles. The van der Waals surface area contributed by atoms with Gasteiger partial charge in [-0.3, -0.25) is 0 Å². The smallest absolute Gasteiger partial charge is 0.332 e. The maximum atomic E-state index is 12.9. The summed E-state index contributed by atoms with van der Waals surface area (Å²) in [5.74, 6) is -1.17. The Bertz CT molecular complexity index is 1060. The Morgan fingerprint density at radius 3 is 1.51 bits per heavy atom. The number of piperidine rings is 2. The molecule has 4 aliphatic rings. The van der Waals surface area contributed by atoms with Gasteiger partial charge < -0.3 is 30.3 Å². The topological polar surface area (TPSA) is 128 Å². The third kappa shape index (κ3) is 9.10. The van der Waals surface area contributed by atoms with Crippen LogP contribution in [0.5, 0.6) is 0 Å². The molecule has 10 heteroatoms. The normalized spacial score (nSPS) is 21.4. The van der Waals surface area contributed by atoms with Crippen molar-refractivity contribution in [1.82, 2.24) is 20.4 Å². The molecule has 4 fully saturated rings. The lowest BCUT2D eigenvalue weighted by Crippen LogP contribution is -2.59. The number of benzene rings is 1. The number of aliphatic carboxylic acids is 1. The number of amides is 4.